The van der Waals surface area contributed by atoms with E-state index in [1.54, 1.807) is 36.6 Å². The molecule has 0 aliphatic heterocycles. The average molecular weight is 390 g/mol. The summed E-state index contributed by atoms with van der Waals surface area (Å²) in [6.07, 6.45) is 0. The number of ether oxygens (including phenoxy) is 1. The van der Waals surface area contributed by atoms with E-state index in [4.69, 9.17) is 4.74 Å². The van der Waals surface area contributed by atoms with Crippen molar-refractivity contribution in [3.05, 3.63) is 45.1 Å². The maximum absolute atomic E-state index is 12.7. The van der Waals surface area contributed by atoms with E-state index in [1.165, 1.54) is 4.31 Å². The minimum Gasteiger partial charge on any atom is -0.496 e. The molecule has 0 fully saturated rings. The van der Waals surface area contributed by atoms with Crippen molar-refractivity contribution in [1.29, 1.82) is 0 Å². The Kier molecular flexibility index (Phi) is 5.43. The zero-order valence-electron chi connectivity index (χ0n) is 11.7. The lowest BCUT2D eigenvalue weighted by atomic mass is 10.3. The van der Waals surface area contributed by atoms with Crippen LogP contribution in [0.4, 0.5) is 0 Å². The van der Waals surface area contributed by atoms with Gasteiger partial charge in [-0.05, 0) is 45.6 Å². The first kappa shape index (κ1) is 16.5. The molecule has 0 bridgehead atoms. The molecule has 1 aromatic heterocycles. The first-order chi connectivity index (χ1) is 9.98. The summed E-state index contributed by atoms with van der Waals surface area (Å²) in [5, 5.41) is 1.94. The van der Waals surface area contributed by atoms with Crippen LogP contribution < -0.4 is 4.74 Å². The molecule has 0 saturated carbocycles. The topological polar surface area (TPSA) is 46.6 Å². The predicted molar refractivity (Wildman–Crippen MR) is 88.3 cm³/mol. The first-order valence-corrected chi connectivity index (χ1v) is 9.46. The number of benzene rings is 1. The molecule has 2 aromatic rings. The van der Waals surface area contributed by atoms with Crippen molar-refractivity contribution in [2.75, 3.05) is 13.7 Å². The second-order valence-electron chi connectivity index (χ2n) is 4.31. The van der Waals surface area contributed by atoms with E-state index in [0.717, 1.165) is 4.88 Å². The van der Waals surface area contributed by atoms with E-state index in [2.05, 4.69) is 15.9 Å². The predicted octanol–water partition coefficient (Wildman–Crippen LogP) is 3.73. The SMILES string of the molecule is CCN(Cc1cccs1)S(=O)(=O)c1ccc(OC)c(Br)c1. The van der Waals surface area contributed by atoms with Crippen LogP contribution in [0.2, 0.25) is 0 Å². The van der Waals surface area contributed by atoms with Crippen LogP contribution in [0.5, 0.6) is 5.75 Å². The van der Waals surface area contributed by atoms with Gasteiger partial charge in [-0.25, -0.2) is 8.42 Å². The zero-order valence-corrected chi connectivity index (χ0v) is 15.0. The zero-order chi connectivity index (χ0) is 15.5. The van der Waals surface area contributed by atoms with Crippen LogP contribution in [0.25, 0.3) is 0 Å². The van der Waals surface area contributed by atoms with Crippen LogP contribution in [-0.2, 0) is 16.6 Å². The van der Waals surface area contributed by atoms with Crippen molar-refractivity contribution in [3.63, 3.8) is 0 Å². The third kappa shape index (κ3) is 3.66. The van der Waals surface area contributed by atoms with Crippen LogP contribution in [0, 0.1) is 0 Å². The number of sulfonamides is 1. The fraction of sp³-hybridized carbons (Fsp3) is 0.286. The van der Waals surface area contributed by atoms with E-state index >= 15 is 0 Å². The summed E-state index contributed by atoms with van der Waals surface area (Å²) >= 11 is 4.88. The molecule has 1 aromatic carbocycles. The van der Waals surface area contributed by atoms with Crippen molar-refractivity contribution < 1.29 is 13.2 Å². The number of hydrogen-bond donors (Lipinski definition) is 0. The van der Waals surface area contributed by atoms with Gasteiger partial charge in [-0.3, -0.25) is 0 Å². The van der Waals surface area contributed by atoms with E-state index in [-0.39, 0.29) is 4.90 Å². The van der Waals surface area contributed by atoms with Crippen LogP contribution in [0.1, 0.15) is 11.8 Å². The summed E-state index contributed by atoms with van der Waals surface area (Å²) in [5.41, 5.74) is 0. The molecule has 0 aliphatic carbocycles. The summed E-state index contributed by atoms with van der Waals surface area (Å²) in [7, 11) is -1.98. The van der Waals surface area contributed by atoms with Crippen LogP contribution in [0.3, 0.4) is 0 Å². The lowest BCUT2D eigenvalue weighted by Crippen LogP contribution is -2.30. The molecule has 2 rings (SSSR count). The van der Waals surface area contributed by atoms with Crippen LogP contribution >= 0.6 is 27.3 Å². The number of thiophene rings is 1. The maximum atomic E-state index is 12.7. The number of methoxy groups -OCH3 is 1. The molecule has 0 saturated heterocycles. The van der Waals surface area contributed by atoms with Crippen molar-refractivity contribution in [3.8, 4) is 5.75 Å². The number of rotatable bonds is 6. The van der Waals surface area contributed by atoms with E-state index in [1.807, 2.05) is 24.4 Å². The van der Waals surface area contributed by atoms with Crippen molar-refractivity contribution in [2.24, 2.45) is 0 Å². The molecule has 0 radical (unpaired) electrons. The summed E-state index contributed by atoms with van der Waals surface area (Å²) < 4.78 is 32.6. The molecule has 0 spiro atoms. The number of halogens is 1. The Morgan fingerprint density at radius 3 is 2.62 bits per heavy atom. The van der Waals surface area contributed by atoms with E-state index in [9.17, 15) is 8.42 Å². The standard InChI is InChI=1S/C14H16BrNO3S2/c1-3-16(10-11-5-4-8-20-11)21(17,18)12-6-7-14(19-2)13(15)9-12/h4-9H,3,10H2,1-2H3. The quantitative estimate of drug-likeness (QED) is 0.755. The fourth-order valence-corrected chi connectivity index (χ4v) is 4.85. The molecular weight excluding hydrogens is 374 g/mol. The summed E-state index contributed by atoms with van der Waals surface area (Å²) in [4.78, 5) is 1.28. The summed E-state index contributed by atoms with van der Waals surface area (Å²) in [5.74, 6) is 0.607. The Morgan fingerprint density at radius 2 is 2.10 bits per heavy atom. The third-order valence-corrected chi connectivity index (χ3v) is 6.42. The minimum absolute atomic E-state index is 0.258. The molecule has 114 valence electrons. The molecule has 7 heteroatoms. The molecule has 1 heterocycles. The van der Waals surface area contributed by atoms with E-state index in [0.29, 0.717) is 23.3 Å². The first-order valence-electron chi connectivity index (χ1n) is 6.35. The minimum atomic E-state index is -3.52. The van der Waals surface area contributed by atoms with Gasteiger partial charge in [0.25, 0.3) is 0 Å². The fourth-order valence-electron chi connectivity index (χ4n) is 1.90. The highest BCUT2D eigenvalue weighted by Crippen LogP contribution is 2.29. The molecule has 4 nitrogen and oxygen atoms in total. The maximum Gasteiger partial charge on any atom is 0.243 e. The monoisotopic (exact) mass is 389 g/mol. The van der Waals surface area contributed by atoms with Gasteiger partial charge in [0.15, 0.2) is 0 Å². The number of nitrogens with zero attached hydrogens (tertiary/aromatic N) is 1. The molecule has 0 N–H and O–H groups in total. The van der Waals surface area contributed by atoms with Crippen molar-refractivity contribution in [1.82, 2.24) is 4.31 Å². The smallest absolute Gasteiger partial charge is 0.243 e. The van der Waals surface area contributed by atoms with Crippen molar-refractivity contribution >= 4 is 37.3 Å². The summed E-state index contributed by atoms with van der Waals surface area (Å²) in [6.45, 7) is 2.65. The van der Waals surface area contributed by atoms with Crippen LogP contribution in [-0.4, -0.2) is 26.4 Å². The Balaban J connectivity index is 2.32. The van der Waals surface area contributed by atoms with Crippen molar-refractivity contribution in [2.45, 2.75) is 18.4 Å². The molecule has 0 aliphatic rings. The highest BCUT2D eigenvalue weighted by Gasteiger charge is 2.24. The molecule has 21 heavy (non-hydrogen) atoms. The highest BCUT2D eigenvalue weighted by molar-refractivity contribution is 9.10. The summed E-state index contributed by atoms with van der Waals surface area (Å²) in [6, 6.07) is 8.65. The number of hydrogen-bond acceptors (Lipinski definition) is 4. The molecule has 0 atom stereocenters. The highest BCUT2D eigenvalue weighted by atomic mass is 79.9. The normalized spacial score (nSPS) is 11.8. The van der Waals surface area contributed by atoms with Gasteiger partial charge in [-0.2, -0.15) is 4.31 Å². The van der Waals surface area contributed by atoms with Gasteiger partial charge in [-0.15, -0.1) is 11.3 Å². The lowest BCUT2D eigenvalue weighted by Gasteiger charge is -2.20. The third-order valence-electron chi connectivity index (χ3n) is 3.03. The van der Waals surface area contributed by atoms with Gasteiger partial charge in [0, 0.05) is 18.0 Å². The van der Waals surface area contributed by atoms with Gasteiger partial charge >= 0.3 is 0 Å². The Bertz CT molecular complexity index is 699. The Hall–Kier alpha value is -0.890. The van der Waals surface area contributed by atoms with Gasteiger partial charge in [0.05, 0.1) is 16.5 Å². The molecular formula is C14H16BrNO3S2. The van der Waals surface area contributed by atoms with Gasteiger partial charge in [0.2, 0.25) is 10.0 Å². The van der Waals surface area contributed by atoms with E-state index < -0.39 is 10.0 Å². The molecule has 0 unspecified atom stereocenters. The molecule has 0 amide bonds. The van der Waals surface area contributed by atoms with Gasteiger partial charge in [-0.1, -0.05) is 13.0 Å². The average Bonchev–Trinajstić information content (AvgIpc) is 2.97. The largest absolute Gasteiger partial charge is 0.496 e. The Morgan fingerprint density at radius 1 is 1.33 bits per heavy atom. The Labute approximate surface area is 137 Å². The second-order valence-corrected chi connectivity index (χ2v) is 8.13. The van der Waals surface area contributed by atoms with Gasteiger partial charge in [0.1, 0.15) is 5.75 Å². The lowest BCUT2D eigenvalue weighted by molar-refractivity contribution is 0.410. The van der Waals surface area contributed by atoms with Gasteiger partial charge < -0.3 is 4.74 Å². The van der Waals surface area contributed by atoms with Crippen LogP contribution in [0.15, 0.2) is 45.1 Å². The second kappa shape index (κ2) is 6.91.